The Morgan fingerprint density at radius 1 is 1.46 bits per heavy atom. The van der Waals surface area contributed by atoms with Crippen LogP contribution in [0.5, 0.6) is 5.75 Å². The normalized spacial score (nSPS) is 9.77. The number of nitrogens with one attached hydrogen (secondary N) is 1. The van der Waals surface area contributed by atoms with Crippen LogP contribution in [0.4, 0.5) is 0 Å². The topological polar surface area (TPSA) is 21.3 Å². The van der Waals surface area contributed by atoms with E-state index < -0.39 is 0 Å². The Hall–Kier alpha value is -0.462. The van der Waals surface area contributed by atoms with Crippen molar-refractivity contribution >= 4 is 4.02 Å². The summed E-state index contributed by atoms with van der Waals surface area (Å²) in [5.74, 6) is 0.912. The van der Waals surface area contributed by atoms with Crippen molar-refractivity contribution in [1.82, 2.24) is 5.32 Å². The third kappa shape index (κ3) is 2.49. The van der Waals surface area contributed by atoms with Gasteiger partial charge in [-0.2, -0.15) is 0 Å². The second-order valence-electron chi connectivity index (χ2n) is 2.76. The number of benzene rings is 1. The zero-order chi connectivity index (χ0) is 9.84. The van der Waals surface area contributed by atoms with Gasteiger partial charge in [-0.25, -0.2) is 0 Å². The maximum atomic E-state index is 5.17. The summed E-state index contributed by atoms with van der Waals surface area (Å²) in [6.07, 6.45) is 0. The van der Waals surface area contributed by atoms with Crippen LogP contribution < -0.4 is 10.1 Å². The average molecular weight is 347 g/mol. The van der Waals surface area contributed by atoms with Gasteiger partial charge >= 0.3 is 89.6 Å². The first kappa shape index (κ1) is 10.6. The van der Waals surface area contributed by atoms with Gasteiger partial charge in [0.25, 0.3) is 0 Å². The fraction of sp³-hybridized carbons (Fsp3) is 0.300. The van der Waals surface area contributed by atoms with E-state index >= 15 is 0 Å². The molecule has 1 aromatic carbocycles. The van der Waals surface area contributed by atoms with Gasteiger partial charge in [0.1, 0.15) is 0 Å². The molecule has 1 rings (SSSR count). The van der Waals surface area contributed by atoms with Crippen molar-refractivity contribution in [2.75, 3.05) is 14.2 Å². The molecule has 2 nitrogen and oxygen atoms in total. The molecule has 0 spiro atoms. The van der Waals surface area contributed by atoms with Crippen LogP contribution in [0.3, 0.4) is 0 Å². The van der Waals surface area contributed by atoms with E-state index in [1.54, 1.807) is 7.11 Å². The molecule has 0 bridgehead atoms. The van der Waals surface area contributed by atoms with Crippen LogP contribution in [-0.4, -0.2) is 18.2 Å². The number of hydrogen-bond donors (Lipinski definition) is 1. The summed E-state index contributed by atoms with van der Waals surface area (Å²) < 4.78 is 6.42. The van der Waals surface area contributed by atoms with E-state index in [9.17, 15) is 0 Å². The summed E-state index contributed by atoms with van der Waals surface area (Å²) in [7, 11) is 3.64. The maximum absolute atomic E-state index is 5.17. The van der Waals surface area contributed by atoms with Crippen molar-refractivity contribution < 1.29 is 24.1 Å². The predicted molar refractivity (Wildman–Crippen MR) is 50.9 cm³/mol. The van der Waals surface area contributed by atoms with Gasteiger partial charge in [-0.3, -0.25) is 0 Å². The minimum atomic E-state index is 0.912. The molecule has 0 fully saturated rings. The van der Waals surface area contributed by atoms with Crippen LogP contribution in [0.15, 0.2) is 18.2 Å². The van der Waals surface area contributed by atoms with E-state index in [2.05, 4.69) is 24.4 Å². The molecule has 3 heteroatoms. The van der Waals surface area contributed by atoms with Crippen LogP contribution >= 0.6 is 0 Å². The Balaban J connectivity index is 3.11. The number of methoxy groups -OCH3 is 1. The van der Waals surface area contributed by atoms with Gasteiger partial charge in [0.05, 0.1) is 0 Å². The summed E-state index contributed by atoms with van der Waals surface area (Å²) in [5.41, 5.74) is 2.53. The molecule has 0 saturated heterocycles. The fourth-order valence-electron chi connectivity index (χ4n) is 1.11. The molecular formula is C10H13NOW. The molecule has 0 aromatic heterocycles. The number of rotatable bonds is 3. The molecule has 0 heterocycles. The molecule has 0 amide bonds. The Morgan fingerprint density at radius 3 is 2.69 bits per heavy atom. The first-order valence-corrected chi connectivity index (χ1v) is 5.52. The Morgan fingerprint density at radius 2 is 2.15 bits per heavy atom. The molecule has 0 radical (unpaired) electrons. The quantitative estimate of drug-likeness (QED) is 0.889. The van der Waals surface area contributed by atoms with Gasteiger partial charge < -0.3 is 0 Å². The van der Waals surface area contributed by atoms with Crippen molar-refractivity contribution in [2.45, 2.75) is 6.92 Å². The summed E-state index contributed by atoms with van der Waals surface area (Å²) in [6, 6.07) is 6.12. The van der Waals surface area contributed by atoms with Gasteiger partial charge in [0.2, 0.25) is 0 Å². The molecule has 1 aromatic rings. The summed E-state index contributed by atoms with van der Waals surface area (Å²) in [5, 5.41) is 3.17. The van der Waals surface area contributed by atoms with E-state index in [1.807, 2.05) is 13.1 Å². The molecule has 0 saturated carbocycles. The van der Waals surface area contributed by atoms with E-state index in [0.29, 0.717) is 0 Å². The number of hydrogen-bond acceptors (Lipinski definition) is 2. The molecule has 70 valence electrons. The second-order valence-corrected chi connectivity index (χ2v) is 4.23. The number of ether oxygens (including phenoxy) is 1. The monoisotopic (exact) mass is 347 g/mol. The third-order valence-corrected chi connectivity index (χ3v) is 3.44. The van der Waals surface area contributed by atoms with Gasteiger partial charge in [0.15, 0.2) is 0 Å². The first-order valence-electron chi connectivity index (χ1n) is 4.05. The molecule has 0 aliphatic heterocycles. The van der Waals surface area contributed by atoms with E-state index in [-0.39, 0.29) is 0 Å². The average Bonchev–Trinajstić information content (AvgIpc) is 2.17. The molecule has 0 aliphatic rings. The van der Waals surface area contributed by atoms with Crippen molar-refractivity contribution in [1.29, 1.82) is 0 Å². The fourth-order valence-corrected chi connectivity index (χ4v) is 1.90. The number of aryl methyl sites for hydroxylation is 1. The minimum absolute atomic E-state index is 0.912. The van der Waals surface area contributed by atoms with Crippen molar-refractivity contribution in [3.8, 4) is 5.75 Å². The summed E-state index contributed by atoms with van der Waals surface area (Å²) >= 11 is 1.44. The van der Waals surface area contributed by atoms with Crippen molar-refractivity contribution in [3.63, 3.8) is 0 Å². The summed E-state index contributed by atoms with van der Waals surface area (Å²) in [6.45, 7) is 2.11. The van der Waals surface area contributed by atoms with Gasteiger partial charge in [-0.1, -0.05) is 0 Å². The Labute approximate surface area is 89.7 Å². The van der Waals surface area contributed by atoms with Crippen LogP contribution in [0.25, 0.3) is 0 Å². The van der Waals surface area contributed by atoms with Gasteiger partial charge in [-0.15, -0.1) is 0 Å². The molecule has 0 atom stereocenters. The van der Waals surface area contributed by atoms with E-state index in [0.717, 1.165) is 5.75 Å². The molecule has 13 heavy (non-hydrogen) atoms. The predicted octanol–water partition coefficient (Wildman–Crippen LogP) is 1.25. The van der Waals surface area contributed by atoms with Crippen molar-refractivity contribution in [3.05, 3.63) is 29.3 Å². The zero-order valence-corrected chi connectivity index (χ0v) is 11.0. The Kier molecular flexibility index (Phi) is 3.83. The first-order chi connectivity index (χ1) is 6.19. The second kappa shape index (κ2) is 4.68. The van der Waals surface area contributed by atoms with Crippen molar-refractivity contribution in [2.24, 2.45) is 0 Å². The standard InChI is InChI=1S/C10H13NO.W/c1-8-4-5-10(12-3)6-9(8)7-11-2;/h4-6,11H,1-3H3;. The zero-order valence-electron chi connectivity index (χ0n) is 8.05. The van der Waals surface area contributed by atoms with Crippen LogP contribution in [-0.2, 0) is 19.4 Å². The van der Waals surface area contributed by atoms with Gasteiger partial charge in [-0.05, 0) is 0 Å². The summed E-state index contributed by atoms with van der Waals surface area (Å²) in [4.78, 5) is 0. The molecule has 0 unspecified atom stereocenters. The molecule has 1 N–H and O–H groups in total. The molecular weight excluding hydrogens is 334 g/mol. The van der Waals surface area contributed by atoms with Crippen LogP contribution in [0.2, 0.25) is 0 Å². The van der Waals surface area contributed by atoms with Gasteiger partial charge in [0, 0.05) is 0 Å². The van der Waals surface area contributed by atoms with E-state index in [1.165, 1.54) is 34.5 Å². The third-order valence-electron chi connectivity index (χ3n) is 1.92. The van der Waals surface area contributed by atoms with Crippen LogP contribution in [0.1, 0.15) is 11.1 Å². The van der Waals surface area contributed by atoms with E-state index in [4.69, 9.17) is 4.74 Å². The molecule has 0 aliphatic carbocycles. The Bertz CT molecular complexity index is 323. The SMILES string of the molecule is CN[C](=[W])c1cc(OC)ccc1C. The van der Waals surface area contributed by atoms with Crippen LogP contribution in [0, 0.1) is 6.92 Å².